The molecule has 0 aliphatic carbocycles. The zero-order chi connectivity index (χ0) is 13.8. The van der Waals surface area contributed by atoms with Crippen LogP contribution in [0.3, 0.4) is 0 Å². The van der Waals surface area contributed by atoms with Crippen LogP contribution < -0.4 is 16.2 Å². The molecule has 0 spiro atoms. The second-order valence-electron chi connectivity index (χ2n) is 3.70. The Hall–Kier alpha value is -2.47. The summed E-state index contributed by atoms with van der Waals surface area (Å²) < 4.78 is 5.61. The number of hydrogen-bond donors (Lipinski definition) is 2. The van der Waals surface area contributed by atoms with E-state index in [1.807, 2.05) is 0 Å². The molecule has 0 fully saturated rings. The summed E-state index contributed by atoms with van der Waals surface area (Å²) in [6, 6.07) is 9.94. The van der Waals surface area contributed by atoms with Crippen LogP contribution in [0.15, 0.2) is 42.6 Å². The molecule has 5 nitrogen and oxygen atoms in total. The lowest BCUT2D eigenvalue weighted by Gasteiger charge is -2.09. The predicted octanol–water partition coefficient (Wildman–Crippen LogP) is 1.61. The number of primary amides is 1. The molecule has 4 N–H and O–H groups in total. The summed E-state index contributed by atoms with van der Waals surface area (Å²) in [6.07, 6.45) is 1.52. The lowest BCUT2D eigenvalue weighted by atomic mass is 10.2. The van der Waals surface area contributed by atoms with Crippen LogP contribution in [0.5, 0.6) is 11.5 Å². The molecular weight excluding hydrogens is 262 g/mol. The van der Waals surface area contributed by atoms with Crippen LogP contribution in [0.4, 0.5) is 0 Å². The third kappa shape index (κ3) is 3.05. The van der Waals surface area contributed by atoms with E-state index in [1.54, 1.807) is 36.4 Å². The van der Waals surface area contributed by atoms with Crippen molar-refractivity contribution >= 4 is 23.1 Å². The minimum absolute atomic E-state index is 0.175. The van der Waals surface area contributed by atoms with Crippen molar-refractivity contribution in [2.75, 3.05) is 0 Å². The highest BCUT2D eigenvalue weighted by Crippen LogP contribution is 2.24. The van der Waals surface area contributed by atoms with Crippen molar-refractivity contribution < 1.29 is 9.53 Å². The number of nitrogens with zero attached hydrogens (tertiary/aromatic N) is 1. The van der Waals surface area contributed by atoms with E-state index in [0.717, 1.165) is 0 Å². The van der Waals surface area contributed by atoms with Gasteiger partial charge < -0.3 is 16.2 Å². The summed E-state index contributed by atoms with van der Waals surface area (Å²) in [5.74, 6) is 0.292. The molecule has 0 unspecified atom stereocenters. The van der Waals surface area contributed by atoms with Crippen molar-refractivity contribution in [1.29, 1.82) is 0 Å². The number of rotatable bonds is 4. The van der Waals surface area contributed by atoms with Gasteiger partial charge >= 0.3 is 0 Å². The average Bonchev–Trinajstić information content (AvgIpc) is 2.39. The molecule has 96 valence electrons. The number of pyridine rings is 1. The maximum atomic E-state index is 11.3. The monoisotopic (exact) mass is 273 g/mol. The second kappa shape index (κ2) is 5.45. The highest BCUT2D eigenvalue weighted by Gasteiger charge is 2.10. The van der Waals surface area contributed by atoms with Gasteiger partial charge in [-0.1, -0.05) is 24.4 Å². The molecule has 1 aromatic heterocycles. The van der Waals surface area contributed by atoms with Crippen LogP contribution in [0.1, 0.15) is 16.1 Å². The summed E-state index contributed by atoms with van der Waals surface area (Å²) in [7, 11) is 0. The van der Waals surface area contributed by atoms with Gasteiger partial charge in [0.05, 0.1) is 5.56 Å². The zero-order valence-corrected chi connectivity index (χ0v) is 10.7. The van der Waals surface area contributed by atoms with Crippen molar-refractivity contribution in [2.24, 2.45) is 11.5 Å². The molecule has 0 radical (unpaired) electrons. The van der Waals surface area contributed by atoms with Crippen LogP contribution in [0, 0.1) is 0 Å². The molecule has 0 saturated carbocycles. The van der Waals surface area contributed by atoms with E-state index >= 15 is 0 Å². The van der Waals surface area contributed by atoms with Crippen molar-refractivity contribution in [3.05, 3.63) is 53.9 Å². The average molecular weight is 273 g/mol. The maximum Gasteiger partial charge on any atom is 0.252 e. The Balaban J connectivity index is 2.34. The van der Waals surface area contributed by atoms with Crippen molar-refractivity contribution in [3.8, 4) is 11.5 Å². The fraction of sp³-hybridized carbons (Fsp3) is 0. The molecule has 0 aliphatic heterocycles. The van der Waals surface area contributed by atoms with Gasteiger partial charge in [-0.05, 0) is 18.2 Å². The minimum atomic E-state index is -0.556. The van der Waals surface area contributed by atoms with Crippen LogP contribution in [0.25, 0.3) is 0 Å². The lowest BCUT2D eigenvalue weighted by Crippen LogP contribution is -2.12. The third-order valence-corrected chi connectivity index (χ3v) is 2.57. The normalized spacial score (nSPS) is 9.89. The first-order valence-electron chi connectivity index (χ1n) is 5.40. The largest absolute Gasteiger partial charge is 0.456 e. The Morgan fingerprint density at radius 1 is 1.21 bits per heavy atom. The summed E-state index contributed by atoms with van der Waals surface area (Å²) in [6.45, 7) is 0. The molecular formula is C13H11N3O2S. The number of carbonyl (C=O) groups is 1. The highest BCUT2D eigenvalue weighted by atomic mass is 32.1. The third-order valence-electron chi connectivity index (χ3n) is 2.36. The second-order valence-corrected chi connectivity index (χ2v) is 4.14. The maximum absolute atomic E-state index is 11.3. The Kier molecular flexibility index (Phi) is 3.72. The number of carbonyl (C=O) groups excluding carboxylic acids is 1. The smallest absolute Gasteiger partial charge is 0.252 e. The van der Waals surface area contributed by atoms with Gasteiger partial charge in [0.2, 0.25) is 0 Å². The molecule has 2 aromatic rings. The summed E-state index contributed by atoms with van der Waals surface area (Å²) in [5, 5.41) is 0. The minimum Gasteiger partial charge on any atom is -0.456 e. The zero-order valence-electron chi connectivity index (χ0n) is 9.87. The molecule has 1 amide bonds. The van der Waals surface area contributed by atoms with E-state index in [-0.39, 0.29) is 4.99 Å². The Morgan fingerprint density at radius 2 is 1.95 bits per heavy atom. The Morgan fingerprint density at radius 3 is 2.63 bits per heavy atom. The van der Waals surface area contributed by atoms with Gasteiger partial charge in [0, 0.05) is 12.3 Å². The van der Waals surface area contributed by atoms with Gasteiger partial charge in [-0.3, -0.25) is 9.78 Å². The molecule has 0 aliphatic rings. The van der Waals surface area contributed by atoms with Crippen LogP contribution in [-0.2, 0) is 0 Å². The first kappa shape index (κ1) is 13.0. The van der Waals surface area contributed by atoms with Gasteiger partial charge in [-0.25, -0.2) is 0 Å². The van der Waals surface area contributed by atoms with Gasteiger partial charge in [0.1, 0.15) is 22.2 Å². The van der Waals surface area contributed by atoms with Crippen LogP contribution in [-0.4, -0.2) is 15.9 Å². The predicted molar refractivity (Wildman–Crippen MR) is 75.2 cm³/mol. The van der Waals surface area contributed by atoms with E-state index in [2.05, 4.69) is 4.98 Å². The van der Waals surface area contributed by atoms with Crippen molar-refractivity contribution in [2.45, 2.75) is 0 Å². The highest BCUT2D eigenvalue weighted by molar-refractivity contribution is 7.80. The van der Waals surface area contributed by atoms with Gasteiger partial charge in [0.15, 0.2) is 0 Å². The van der Waals surface area contributed by atoms with Crippen LogP contribution >= 0.6 is 12.2 Å². The summed E-state index contributed by atoms with van der Waals surface area (Å²) in [5.41, 5.74) is 11.5. The van der Waals surface area contributed by atoms with E-state index in [9.17, 15) is 4.79 Å². The topological polar surface area (TPSA) is 91.2 Å². The number of aromatic nitrogens is 1. The summed E-state index contributed by atoms with van der Waals surface area (Å²) in [4.78, 5) is 15.5. The SMILES string of the molecule is NC(=O)c1ccccc1Oc1ccnc(C(N)=S)c1. The van der Waals surface area contributed by atoms with Gasteiger partial charge in [-0.15, -0.1) is 0 Å². The molecule has 0 saturated heterocycles. The fourth-order valence-electron chi connectivity index (χ4n) is 1.50. The fourth-order valence-corrected chi connectivity index (χ4v) is 1.61. The van der Waals surface area contributed by atoms with E-state index in [1.165, 1.54) is 6.20 Å². The number of benzene rings is 1. The first-order valence-corrected chi connectivity index (χ1v) is 5.81. The Labute approximate surface area is 115 Å². The molecule has 1 aromatic carbocycles. The Bertz CT molecular complexity index is 643. The molecule has 0 bridgehead atoms. The molecule has 2 rings (SSSR count). The van der Waals surface area contributed by atoms with Gasteiger partial charge in [-0.2, -0.15) is 0 Å². The number of amides is 1. The number of ether oxygens (including phenoxy) is 1. The van der Waals surface area contributed by atoms with Gasteiger partial charge in [0.25, 0.3) is 5.91 Å². The first-order chi connectivity index (χ1) is 9.08. The van der Waals surface area contributed by atoms with E-state index in [0.29, 0.717) is 22.8 Å². The quantitative estimate of drug-likeness (QED) is 0.826. The molecule has 6 heteroatoms. The molecule has 1 heterocycles. The molecule has 0 atom stereocenters. The van der Waals surface area contributed by atoms with Crippen molar-refractivity contribution in [1.82, 2.24) is 4.98 Å². The van der Waals surface area contributed by atoms with Crippen LogP contribution in [0.2, 0.25) is 0 Å². The van der Waals surface area contributed by atoms with E-state index < -0.39 is 5.91 Å². The number of nitrogens with two attached hydrogens (primary N) is 2. The van der Waals surface area contributed by atoms with E-state index in [4.69, 9.17) is 28.4 Å². The lowest BCUT2D eigenvalue weighted by molar-refractivity contribution is 0.0998. The summed E-state index contributed by atoms with van der Waals surface area (Å²) >= 11 is 4.84. The number of para-hydroxylation sites is 1. The number of thiocarbonyl (C=S) groups is 1. The van der Waals surface area contributed by atoms with Crippen molar-refractivity contribution in [3.63, 3.8) is 0 Å². The standard InChI is InChI=1S/C13H11N3O2S/c14-12(17)9-3-1-2-4-11(9)18-8-5-6-16-10(7-8)13(15)19/h1-7H,(H2,14,17)(H2,15,19). The number of hydrogen-bond acceptors (Lipinski definition) is 4. The molecule has 19 heavy (non-hydrogen) atoms.